The second-order valence-electron chi connectivity index (χ2n) is 5.96. The fourth-order valence-corrected chi connectivity index (χ4v) is 11.0. The van der Waals surface area contributed by atoms with Gasteiger partial charge in [-0.05, 0) is 0 Å². The van der Waals surface area contributed by atoms with Crippen LogP contribution in [0.1, 0.15) is 83.6 Å². The van der Waals surface area contributed by atoms with Crippen LogP contribution in [0.15, 0.2) is 6.20 Å². The van der Waals surface area contributed by atoms with Gasteiger partial charge in [-0.1, -0.05) is 0 Å². The quantitative estimate of drug-likeness (QED) is 0.447. The van der Waals surface area contributed by atoms with Gasteiger partial charge in [0.2, 0.25) is 0 Å². The monoisotopic (exact) mass is 401 g/mol. The van der Waals surface area contributed by atoms with Gasteiger partial charge >= 0.3 is 140 Å². The normalized spacial score (nSPS) is 12.0. The van der Waals surface area contributed by atoms with Gasteiger partial charge in [0, 0.05) is 0 Å². The van der Waals surface area contributed by atoms with E-state index < -0.39 is 21.1 Å². The Bertz CT molecular complexity index is 340. The molecule has 0 spiro atoms. The average molecular weight is 400 g/mol. The van der Waals surface area contributed by atoms with Crippen molar-refractivity contribution in [1.29, 1.82) is 0 Å². The molecular formula is C17H31NSSn. The molecule has 2 radical (unpaired) electrons. The predicted octanol–water partition coefficient (Wildman–Crippen LogP) is 5.51. The summed E-state index contributed by atoms with van der Waals surface area (Å²) >= 11 is 1.47. The molecule has 0 saturated heterocycles. The van der Waals surface area contributed by atoms with Crippen LogP contribution in [0.2, 0.25) is 3.43 Å². The summed E-state index contributed by atoms with van der Waals surface area (Å²) in [6.07, 6.45) is 14.9. The molecule has 1 nitrogen and oxygen atoms in total. The molecule has 1 rings (SSSR count). The first-order chi connectivity index (χ1) is 9.65. The van der Waals surface area contributed by atoms with Gasteiger partial charge in [-0.15, -0.1) is 0 Å². The number of thiazole rings is 1. The zero-order valence-corrected chi connectivity index (χ0v) is 17.5. The molecule has 1 heterocycles. The first-order valence-electron chi connectivity index (χ1n) is 8.36. The van der Waals surface area contributed by atoms with Crippen LogP contribution in [-0.2, 0) is 0 Å². The van der Waals surface area contributed by atoms with Crippen LogP contribution in [0.4, 0.5) is 0 Å². The second-order valence-corrected chi connectivity index (χ2v) is 13.5. The Kier molecular flexibility index (Phi) is 9.43. The van der Waals surface area contributed by atoms with Crippen molar-refractivity contribution in [2.75, 3.05) is 0 Å². The summed E-state index contributed by atoms with van der Waals surface area (Å²) in [5, 5.41) is 1.26. The summed E-state index contributed by atoms with van der Waals surface area (Å²) in [6.45, 7) is 9.17. The van der Waals surface area contributed by atoms with Crippen molar-refractivity contribution in [2.45, 2.75) is 88.9 Å². The van der Waals surface area contributed by atoms with Gasteiger partial charge in [-0.3, -0.25) is 0 Å². The molecule has 0 amide bonds. The van der Waals surface area contributed by atoms with Gasteiger partial charge in [0.1, 0.15) is 0 Å². The zero-order valence-electron chi connectivity index (χ0n) is 13.8. The van der Waals surface area contributed by atoms with Crippen molar-refractivity contribution >= 4 is 35.4 Å². The molecular weight excluding hydrogens is 369 g/mol. The topological polar surface area (TPSA) is 12.9 Å². The number of aromatic nitrogens is 1. The molecule has 0 aromatic carbocycles. The maximum absolute atomic E-state index is 4.50. The van der Waals surface area contributed by atoms with Crippen molar-refractivity contribution in [3.05, 3.63) is 11.2 Å². The van der Waals surface area contributed by atoms with Crippen LogP contribution >= 0.6 is 11.3 Å². The fraction of sp³-hybridized carbons (Fsp3) is 0.824. The molecule has 0 unspecified atom stereocenters. The molecule has 0 aliphatic rings. The van der Waals surface area contributed by atoms with E-state index in [9.17, 15) is 0 Å². The SMILES string of the molecule is CCCC[C](CCCC)(CCCC)[Sn][c]1cnc(C)s1. The molecule has 20 heavy (non-hydrogen) atoms. The van der Waals surface area contributed by atoms with Gasteiger partial charge in [0.25, 0.3) is 0 Å². The van der Waals surface area contributed by atoms with E-state index in [-0.39, 0.29) is 0 Å². The number of nitrogens with zero attached hydrogens (tertiary/aromatic N) is 1. The molecule has 0 bridgehead atoms. The third-order valence-corrected chi connectivity index (χ3v) is 11.0. The van der Waals surface area contributed by atoms with Gasteiger partial charge in [0.15, 0.2) is 0 Å². The van der Waals surface area contributed by atoms with Crippen LogP contribution in [0.5, 0.6) is 0 Å². The van der Waals surface area contributed by atoms with Crippen LogP contribution < -0.4 is 2.89 Å². The molecule has 0 atom stereocenters. The molecule has 0 fully saturated rings. The summed E-state index contributed by atoms with van der Waals surface area (Å²) in [7, 11) is 0. The van der Waals surface area contributed by atoms with Crippen molar-refractivity contribution < 1.29 is 0 Å². The van der Waals surface area contributed by atoms with Gasteiger partial charge in [-0.25, -0.2) is 0 Å². The molecule has 0 N–H and O–H groups in total. The van der Waals surface area contributed by atoms with E-state index in [2.05, 4.69) is 38.9 Å². The van der Waals surface area contributed by atoms with Gasteiger partial charge < -0.3 is 0 Å². The van der Waals surface area contributed by atoms with Crippen molar-refractivity contribution in [3.63, 3.8) is 0 Å². The maximum atomic E-state index is 4.50. The van der Waals surface area contributed by atoms with Crippen molar-refractivity contribution in [2.24, 2.45) is 0 Å². The van der Waals surface area contributed by atoms with E-state index in [1.807, 2.05) is 11.3 Å². The summed E-state index contributed by atoms with van der Waals surface area (Å²) in [5.41, 5.74) is 0. The first-order valence-corrected chi connectivity index (χ1v) is 12.0. The number of hydrogen-bond acceptors (Lipinski definition) is 2. The summed E-state index contributed by atoms with van der Waals surface area (Å²) in [5.74, 6) is 0. The Morgan fingerprint density at radius 3 is 1.85 bits per heavy atom. The van der Waals surface area contributed by atoms with E-state index in [0.29, 0.717) is 3.43 Å². The van der Waals surface area contributed by atoms with Gasteiger partial charge in [0.05, 0.1) is 0 Å². The summed E-state index contributed by atoms with van der Waals surface area (Å²) in [4.78, 5) is 4.50. The van der Waals surface area contributed by atoms with Crippen molar-refractivity contribution in [1.82, 2.24) is 4.98 Å². The van der Waals surface area contributed by atoms with E-state index in [1.165, 1.54) is 62.8 Å². The molecule has 1 aromatic rings. The number of hydrogen-bond donors (Lipinski definition) is 0. The molecule has 0 saturated carbocycles. The molecule has 0 aliphatic heterocycles. The van der Waals surface area contributed by atoms with Crippen LogP contribution in [0, 0.1) is 6.92 Å². The van der Waals surface area contributed by atoms with E-state index in [0.717, 1.165) is 0 Å². The summed E-state index contributed by atoms with van der Waals surface area (Å²) < 4.78 is 2.39. The summed E-state index contributed by atoms with van der Waals surface area (Å²) in [6, 6.07) is 0. The molecule has 3 heteroatoms. The van der Waals surface area contributed by atoms with Gasteiger partial charge in [-0.2, -0.15) is 0 Å². The Hall–Kier alpha value is 0.429. The number of aryl methyl sites for hydroxylation is 1. The Morgan fingerprint density at radius 2 is 1.50 bits per heavy atom. The second kappa shape index (κ2) is 10.2. The third kappa shape index (κ3) is 6.46. The van der Waals surface area contributed by atoms with Crippen LogP contribution in [0.3, 0.4) is 0 Å². The standard InChI is InChI=1S/C13H27.C4H4NS.Sn/c1-4-7-10-13(11-8-5-2)12-9-6-3;1-4-5-2-3-6-4;/h4-12H2,1-3H3;2H,1H3;. The minimum absolute atomic E-state index is 0.513. The number of rotatable bonds is 11. The Morgan fingerprint density at radius 1 is 1.00 bits per heavy atom. The Balaban J connectivity index is 2.80. The van der Waals surface area contributed by atoms with Crippen molar-refractivity contribution in [3.8, 4) is 0 Å². The zero-order chi connectivity index (χ0) is 14.8. The molecule has 114 valence electrons. The molecule has 0 aliphatic carbocycles. The van der Waals surface area contributed by atoms with E-state index in [1.54, 1.807) is 2.89 Å². The Labute approximate surface area is 140 Å². The van der Waals surface area contributed by atoms with Crippen LogP contribution in [0.25, 0.3) is 0 Å². The van der Waals surface area contributed by atoms with Crippen LogP contribution in [-0.4, -0.2) is 26.1 Å². The average Bonchev–Trinajstić information content (AvgIpc) is 2.85. The van der Waals surface area contributed by atoms with E-state index >= 15 is 0 Å². The predicted molar refractivity (Wildman–Crippen MR) is 93.5 cm³/mol. The fourth-order valence-electron chi connectivity index (χ4n) is 2.79. The van der Waals surface area contributed by atoms with E-state index in [4.69, 9.17) is 0 Å². The third-order valence-electron chi connectivity index (χ3n) is 4.04. The molecule has 1 aromatic heterocycles. The first kappa shape index (κ1) is 18.5. The number of unbranched alkanes of at least 4 members (excludes halogenated alkanes) is 3. The minimum atomic E-state index is -0.513.